The summed E-state index contributed by atoms with van der Waals surface area (Å²) in [5, 5.41) is 0. The quantitative estimate of drug-likeness (QED) is 0.735. The molecule has 1 N–H and O–H groups in total. The Morgan fingerprint density at radius 3 is 2.56 bits per heavy atom. The van der Waals surface area contributed by atoms with Crippen molar-refractivity contribution in [1.82, 2.24) is 4.72 Å². The molecule has 1 aromatic carbocycles. The van der Waals surface area contributed by atoms with Crippen molar-refractivity contribution in [2.75, 3.05) is 12.0 Å². The van der Waals surface area contributed by atoms with Crippen molar-refractivity contribution in [3.8, 4) is 0 Å². The summed E-state index contributed by atoms with van der Waals surface area (Å²) in [5.41, 5.74) is 0.708. The first-order chi connectivity index (χ1) is 8.57. The van der Waals surface area contributed by atoms with Crippen molar-refractivity contribution in [1.29, 1.82) is 0 Å². The number of sulfonamides is 1. The van der Waals surface area contributed by atoms with E-state index in [4.69, 9.17) is 0 Å². The Bertz CT molecular complexity index is 459. The van der Waals surface area contributed by atoms with Gasteiger partial charge in [0.25, 0.3) is 0 Å². The predicted molar refractivity (Wildman–Crippen MR) is 75.1 cm³/mol. The summed E-state index contributed by atoms with van der Waals surface area (Å²) < 4.78 is 26.1. The first kappa shape index (κ1) is 15.2. The van der Waals surface area contributed by atoms with E-state index in [2.05, 4.69) is 4.72 Å². The molecule has 0 amide bonds. The minimum absolute atomic E-state index is 0.0998. The highest BCUT2D eigenvalue weighted by atomic mass is 32.2. The van der Waals surface area contributed by atoms with Gasteiger partial charge in [-0.05, 0) is 24.0 Å². The minimum Gasteiger partial charge on any atom is -0.302 e. The zero-order valence-electron chi connectivity index (χ0n) is 10.2. The molecule has 1 aromatic rings. The van der Waals surface area contributed by atoms with Crippen LogP contribution in [0.4, 0.5) is 0 Å². The molecule has 0 saturated carbocycles. The van der Waals surface area contributed by atoms with Gasteiger partial charge in [0.05, 0.1) is 11.8 Å². The Kier molecular flexibility index (Phi) is 6.38. The maximum Gasteiger partial charge on any atom is 0.216 e. The number of rotatable bonds is 8. The van der Waals surface area contributed by atoms with Gasteiger partial charge >= 0.3 is 0 Å². The van der Waals surface area contributed by atoms with Gasteiger partial charge in [0, 0.05) is 0 Å². The monoisotopic (exact) mass is 287 g/mol. The zero-order chi connectivity index (χ0) is 13.4. The van der Waals surface area contributed by atoms with E-state index >= 15 is 0 Å². The summed E-state index contributed by atoms with van der Waals surface area (Å²) in [5.74, 6) is 0.648. The largest absolute Gasteiger partial charge is 0.302 e. The van der Waals surface area contributed by atoms with Crippen LogP contribution in [0.25, 0.3) is 0 Å². The Hall–Kier alpha value is -0.850. The second-order valence-corrected chi connectivity index (χ2v) is 6.63. The summed E-state index contributed by atoms with van der Waals surface area (Å²) in [6, 6.07) is 8.27. The first-order valence-electron chi connectivity index (χ1n) is 5.55. The summed E-state index contributed by atoms with van der Waals surface area (Å²) in [4.78, 5) is 10.8. The number of hydrogen-bond donors (Lipinski definition) is 1. The van der Waals surface area contributed by atoms with Gasteiger partial charge in [0.2, 0.25) is 10.0 Å². The molecule has 0 heterocycles. The molecule has 6 heteroatoms. The number of carbonyl (C=O) groups excluding carboxylic acids is 1. The fourth-order valence-electron chi connectivity index (χ4n) is 1.47. The van der Waals surface area contributed by atoms with E-state index in [9.17, 15) is 13.2 Å². The molecule has 0 aliphatic rings. The lowest BCUT2D eigenvalue weighted by atomic mass is 10.2. The number of benzene rings is 1. The van der Waals surface area contributed by atoms with Crippen molar-refractivity contribution in [3.63, 3.8) is 0 Å². The molecule has 1 atom stereocenters. The molecular formula is C12H17NO3S2. The lowest BCUT2D eigenvalue weighted by molar-refractivity contribution is -0.109. The van der Waals surface area contributed by atoms with Crippen LogP contribution in [0, 0.1) is 0 Å². The van der Waals surface area contributed by atoms with E-state index in [0.29, 0.717) is 18.3 Å². The van der Waals surface area contributed by atoms with Crippen LogP contribution in [-0.4, -0.2) is 32.8 Å². The van der Waals surface area contributed by atoms with E-state index in [1.54, 1.807) is 36.0 Å². The molecular weight excluding hydrogens is 270 g/mol. The Morgan fingerprint density at radius 2 is 2.00 bits per heavy atom. The molecule has 0 aliphatic carbocycles. The average molecular weight is 287 g/mol. The average Bonchev–Trinajstić information content (AvgIpc) is 2.35. The van der Waals surface area contributed by atoms with Gasteiger partial charge in [-0.25, -0.2) is 13.1 Å². The summed E-state index contributed by atoms with van der Waals surface area (Å²) in [6.45, 7) is 0. The Morgan fingerprint density at radius 1 is 1.33 bits per heavy atom. The van der Waals surface area contributed by atoms with Crippen molar-refractivity contribution in [2.45, 2.75) is 18.2 Å². The number of nitrogens with one attached hydrogen (secondary N) is 1. The summed E-state index contributed by atoms with van der Waals surface area (Å²) in [6.07, 6.45) is 3.08. The van der Waals surface area contributed by atoms with Crippen LogP contribution in [0.15, 0.2) is 30.3 Å². The van der Waals surface area contributed by atoms with Crippen molar-refractivity contribution < 1.29 is 13.2 Å². The second kappa shape index (κ2) is 7.56. The molecule has 0 radical (unpaired) electrons. The number of carbonyl (C=O) groups is 1. The normalized spacial score (nSPS) is 13.2. The van der Waals surface area contributed by atoms with Crippen LogP contribution in [-0.2, 0) is 20.6 Å². The third-order valence-corrected chi connectivity index (χ3v) is 4.35. The smallest absolute Gasteiger partial charge is 0.216 e. The molecule has 100 valence electrons. The highest BCUT2D eigenvalue weighted by molar-refractivity contribution is 7.98. The Balaban J connectivity index is 2.61. The van der Waals surface area contributed by atoms with Gasteiger partial charge in [-0.2, -0.15) is 11.8 Å². The van der Waals surface area contributed by atoms with Gasteiger partial charge in [0.1, 0.15) is 6.29 Å². The number of aldehydes is 1. The van der Waals surface area contributed by atoms with Gasteiger partial charge < -0.3 is 4.79 Å². The zero-order valence-corrected chi connectivity index (χ0v) is 11.8. The Labute approximate surface area is 112 Å². The molecule has 18 heavy (non-hydrogen) atoms. The highest BCUT2D eigenvalue weighted by Crippen LogP contribution is 2.06. The molecule has 1 rings (SSSR count). The third kappa shape index (κ3) is 5.66. The molecule has 0 spiro atoms. The summed E-state index contributed by atoms with van der Waals surface area (Å²) >= 11 is 1.58. The van der Waals surface area contributed by atoms with E-state index in [0.717, 1.165) is 5.75 Å². The van der Waals surface area contributed by atoms with Crippen molar-refractivity contribution in [2.24, 2.45) is 0 Å². The molecule has 0 fully saturated rings. The summed E-state index contributed by atoms with van der Waals surface area (Å²) in [7, 11) is -3.47. The maximum absolute atomic E-state index is 11.9. The van der Waals surface area contributed by atoms with E-state index in [-0.39, 0.29) is 5.75 Å². The van der Waals surface area contributed by atoms with Crippen LogP contribution < -0.4 is 4.72 Å². The van der Waals surface area contributed by atoms with Gasteiger partial charge in [-0.1, -0.05) is 30.3 Å². The molecule has 0 aliphatic heterocycles. The van der Waals surface area contributed by atoms with Crippen LogP contribution in [0.5, 0.6) is 0 Å². The van der Waals surface area contributed by atoms with Crippen LogP contribution >= 0.6 is 11.8 Å². The van der Waals surface area contributed by atoms with Crippen LogP contribution in [0.1, 0.15) is 12.0 Å². The van der Waals surface area contributed by atoms with Crippen LogP contribution in [0.3, 0.4) is 0 Å². The molecule has 0 aromatic heterocycles. The van der Waals surface area contributed by atoms with E-state index in [1.165, 1.54) is 0 Å². The van der Waals surface area contributed by atoms with Crippen LogP contribution in [0.2, 0.25) is 0 Å². The molecule has 0 saturated heterocycles. The SMILES string of the molecule is CSCC[C@@H](C=O)NS(=O)(=O)Cc1ccccc1. The van der Waals surface area contributed by atoms with Crippen molar-refractivity contribution in [3.05, 3.63) is 35.9 Å². The fourth-order valence-corrected chi connectivity index (χ4v) is 3.30. The van der Waals surface area contributed by atoms with E-state index in [1.807, 2.05) is 12.3 Å². The van der Waals surface area contributed by atoms with Gasteiger partial charge in [0.15, 0.2) is 0 Å². The topological polar surface area (TPSA) is 63.2 Å². The molecule has 0 bridgehead atoms. The first-order valence-corrected chi connectivity index (χ1v) is 8.60. The number of hydrogen-bond acceptors (Lipinski definition) is 4. The maximum atomic E-state index is 11.9. The van der Waals surface area contributed by atoms with Gasteiger partial charge in [-0.15, -0.1) is 0 Å². The molecule has 0 unspecified atom stereocenters. The minimum atomic E-state index is -3.47. The molecule has 4 nitrogen and oxygen atoms in total. The lowest BCUT2D eigenvalue weighted by Crippen LogP contribution is -2.37. The standard InChI is InChI=1S/C12H17NO3S2/c1-17-8-7-12(9-14)13-18(15,16)10-11-5-3-2-4-6-11/h2-6,9,12-13H,7-8,10H2,1H3/t12-/m0/s1. The highest BCUT2D eigenvalue weighted by Gasteiger charge is 2.17. The number of thioether (sulfide) groups is 1. The second-order valence-electron chi connectivity index (χ2n) is 3.89. The van der Waals surface area contributed by atoms with E-state index < -0.39 is 16.1 Å². The fraction of sp³-hybridized carbons (Fsp3) is 0.417. The lowest BCUT2D eigenvalue weighted by Gasteiger charge is -2.12. The third-order valence-electron chi connectivity index (χ3n) is 2.33. The van der Waals surface area contributed by atoms with Gasteiger partial charge in [-0.3, -0.25) is 0 Å². The predicted octanol–water partition coefficient (Wildman–Crippen LogP) is 1.43. The van der Waals surface area contributed by atoms with Crippen molar-refractivity contribution >= 4 is 28.1 Å².